The van der Waals surface area contributed by atoms with Gasteiger partial charge in [-0.2, -0.15) is 0 Å². The van der Waals surface area contributed by atoms with E-state index in [-0.39, 0.29) is 24.8 Å². The number of hydrogen-bond acceptors (Lipinski definition) is 1. The van der Waals surface area contributed by atoms with Crippen molar-refractivity contribution in [2.45, 2.75) is 31.9 Å². The van der Waals surface area contributed by atoms with Crippen molar-refractivity contribution in [3.05, 3.63) is 21.6 Å². The summed E-state index contributed by atoms with van der Waals surface area (Å²) < 4.78 is 1.57. The Hall–Kier alpha value is 1.12. The Bertz CT molecular complexity index is 214. The molecule has 1 unspecified atom stereocenters. The van der Waals surface area contributed by atoms with Crippen molar-refractivity contribution in [2.24, 2.45) is 0 Å². The van der Waals surface area contributed by atoms with Gasteiger partial charge in [-0.05, 0) is 0 Å². The van der Waals surface area contributed by atoms with Gasteiger partial charge in [-0.25, -0.2) is 0 Å². The van der Waals surface area contributed by atoms with Crippen molar-refractivity contribution >= 4 is 36.6 Å². The van der Waals surface area contributed by atoms with Crippen LogP contribution in [0.1, 0.15) is 26.7 Å². The van der Waals surface area contributed by atoms with Gasteiger partial charge in [-0.1, -0.05) is 0 Å². The predicted octanol–water partition coefficient (Wildman–Crippen LogP) is 4.12. The van der Waals surface area contributed by atoms with Crippen LogP contribution < -0.4 is 0 Å². The summed E-state index contributed by atoms with van der Waals surface area (Å²) in [7, 11) is 0. The minimum atomic E-state index is 0. The van der Waals surface area contributed by atoms with E-state index in [0.29, 0.717) is 0 Å². The molecule has 0 aromatic rings. The molecular formula is C10H17Cl2STi. The van der Waals surface area contributed by atoms with Crippen molar-refractivity contribution < 1.29 is 20.4 Å². The fourth-order valence-electron chi connectivity index (χ4n) is 1.45. The monoisotopic (exact) mass is 287 g/mol. The number of allylic oxidation sites excluding steroid dienone is 3. The van der Waals surface area contributed by atoms with Crippen molar-refractivity contribution in [3.63, 3.8) is 0 Å². The van der Waals surface area contributed by atoms with Crippen LogP contribution in [0.5, 0.6) is 0 Å². The largest absolute Gasteiger partial charge is 0.147 e. The Morgan fingerprint density at radius 1 is 1.43 bits per heavy atom. The number of hydrogen-bond donors (Lipinski definition) is 0. The Balaban J connectivity index is 0. The molecule has 1 atom stereocenters. The molecule has 0 saturated heterocycles. The summed E-state index contributed by atoms with van der Waals surface area (Å²) in [5, 5.41) is 0.744. The van der Waals surface area contributed by atoms with E-state index in [2.05, 4.69) is 58.2 Å². The second kappa shape index (κ2) is 9.36. The summed E-state index contributed by atoms with van der Waals surface area (Å²) in [6.45, 7) is 4.52. The molecule has 0 nitrogen and oxygen atoms in total. The van der Waals surface area contributed by atoms with Crippen LogP contribution in [0.15, 0.2) is 21.6 Å². The van der Waals surface area contributed by atoms with Crippen LogP contribution in [0.4, 0.5) is 0 Å². The summed E-state index contributed by atoms with van der Waals surface area (Å²) in [5.74, 6) is 1.23. The summed E-state index contributed by atoms with van der Waals surface area (Å²) in [4.78, 5) is 0. The molecule has 0 heterocycles. The zero-order valence-corrected chi connectivity index (χ0v) is 12.6. The minimum Gasteiger partial charge on any atom is -0.147 e. The minimum absolute atomic E-state index is 0. The van der Waals surface area contributed by atoms with Gasteiger partial charge in [0, 0.05) is 0 Å². The van der Waals surface area contributed by atoms with E-state index in [0.717, 1.165) is 5.25 Å². The number of rotatable bonds is 4. The topological polar surface area (TPSA) is 0 Å². The third-order valence-electron chi connectivity index (χ3n) is 2.05. The van der Waals surface area contributed by atoms with Gasteiger partial charge in [0.25, 0.3) is 0 Å². The molecule has 81 valence electrons. The van der Waals surface area contributed by atoms with Gasteiger partial charge in [0.2, 0.25) is 0 Å². The molecular weight excluding hydrogens is 271 g/mol. The molecule has 1 rings (SSSR count). The Kier molecular flexibility index (Phi) is 11.7. The zero-order valence-electron chi connectivity index (χ0n) is 8.58. The van der Waals surface area contributed by atoms with E-state index < -0.39 is 0 Å². The molecule has 0 spiro atoms. The summed E-state index contributed by atoms with van der Waals surface area (Å²) >= 11 is 4.33. The second-order valence-corrected chi connectivity index (χ2v) is 5.31. The Morgan fingerprint density at radius 3 is 2.43 bits per heavy atom. The van der Waals surface area contributed by atoms with Crippen molar-refractivity contribution in [1.82, 2.24) is 0 Å². The van der Waals surface area contributed by atoms with Gasteiger partial charge < -0.3 is 0 Å². The van der Waals surface area contributed by atoms with Gasteiger partial charge >= 0.3 is 91.5 Å². The van der Waals surface area contributed by atoms with E-state index >= 15 is 0 Å². The van der Waals surface area contributed by atoms with Crippen LogP contribution in [0.2, 0.25) is 0 Å². The van der Waals surface area contributed by atoms with Gasteiger partial charge in [0.05, 0.1) is 0 Å². The number of halogens is 2. The molecule has 4 heteroatoms. The maximum Gasteiger partial charge on any atom is -0.147 e. The Morgan fingerprint density at radius 2 is 2.07 bits per heavy atom. The maximum absolute atomic E-state index is 2.31. The quantitative estimate of drug-likeness (QED) is 0.701. The van der Waals surface area contributed by atoms with Gasteiger partial charge in [-0.3, -0.25) is 0 Å². The van der Waals surface area contributed by atoms with Gasteiger partial charge in [0.15, 0.2) is 0 Å². The molecule has 0 aromatic heterocycles. The Labute approximate surface area is 116 Å². The molecule has 0 amide bonds. The summed E-state index contributed by atoms with van der Waals surface area (Å²) in [6, 6.07) is 0. The van der Waals surface area contributed by atoms with Crippen LogP contribution in [0.3, 0.4) is 0 Å². The average Bonchev–Trinajstić information content (AvgIpc) is 2.47. The molecule has 0 fully saturated rings. The molecule has 0 bridgehead atoms. The summed E-state index contributed by atoms with van der Waals surface area (Å²) in [6.07, 6.45) is 7.03. The normalized spacial score (nSPS) is 16.1. The zero-order chi connectivity index (χ0) is 8.97. The third kappa shape index (κ3) is 4.76. The molecule has 0 radical (unpaired) electrons. The van der Waals surface area contributed by atoms with Crippen LogP contribution in [-0.2, 0) is 20.4 Å². The smallest absolute Gasteiger partial charge is 0.147 e. The van der Waals surface area contributed by atoms with E-state index in [4.69, 9.17) is 0 Å². The number of thioether (sulfide) groups is 1. The first-order chi connectivity index (χ1) is 5.79. The van der Waals surface area contributed by atoms with Crippen molar-refractivity contribution in [2.75, 3.05) is 5.75 Å². The first-order valence-electron chi connectivity index (χ1n) is 4.52. The maximum atomic E-state index is 2.31. The van der Waals surface area contributed by atoms with Crippen molar-refractivity contribution in [1.29, 1.82) is 0 Å². The van der Waals surface area contributed by atoms with E-state index in [1.807, 2.05) is 0 Å². The fourth-order valence-corrected chi connectivity index (χ4v) is 3.24. The second-order valence-electron chi connectivity index (χ2n) is 2.89. The fraction of sp³-hybridized carbons (Fsp3) is 0.600. The molecule has 1 aliphatic carbocycles. The molecule has 1 aliphatic rings. The van der Waals surface area contributed by atoms with Crippen LogP contribution in [-0.4, -0.2) is 11.0 Å². The first kappa shape index (κ1) is 17.5. The average molecular weight is 288 g/mol. The van der Waals surface area contributed by atoms with Crippen LogP contribution in [0.25, 0.3) is 0 Å². The van der Waals surface area contributed by atoms with Crippen molar-refractivity contribution in [3.8, 4) is 0 Å². The van der Waals surface area contributed by atoms with Gasteiger partial charge in [0.1, 0.15) is 0 Å². The van der Waals surface area contributed by atoms with E-state index in [9.17, 15) is 0 Å². The molecule has 0 saturated carbocycles. The van der Waals surface area contributed by atoms with Gasteiger partial charge in [-0.15, -0.1) is 24.8 Å². The summed E-state index contributed by atoms with van der Waals surface area (Å²) in [5.41, 5.74) is 1.59. The van der Waals surface area contributed by atoms with E-state index in [1.165, 1.54) is 18.6 Å². The standard InChI is InChI=1S/C10H15S.2ClH.Ti/c1-3-10(11-4-2)9-7-5-6-8-9;;;/h5,7,10H,3-4,6H2,1-2H3;2*1H;. The van der Waals surface area contributed by atoms with E-state index in [1.54, 1.807) is 9.45 Å². The predicted molar refractivity (Wildman–Crippen MR) is 67.5 cm³/mol. The SMILES string of the molecule is CCSC(CC)C1=[C]([Ti])CC=C1.Cl.Cl. The molecule has 0 aliphatic heterocycles. The molecule has 0 aromatic carbocycles. The van der Waals surface area contributed by atoms with Crippen LogP contribution in [0, 0.1) is 0 Å². The molecule has 0 N–H and O–H groups in total. The molecule has 14 heavy (non-hydrogen) atoms. The third-order valence-corrected chi connectivity index (χ3v) is 4.15. The first-order valence-corrected chi connectivity index (χ1v) is 6.35. The van der Waals surface area contributed by atoms with Crippen LogP contribution >= 0.6 is 36.6 Å².